The fourth-order valence-corrected chi connectivity index (χ4v) is 2.96. The Balaban J connectivity index is 1.47. The molecule has 1 heterocycles. The summed E-state index contributed by atoms with van der Waals surface area (Å²) in [7, 11) is 0. The number of nitrogens with one attached hydrogen (secondary N) is 1. The maximum absolute atomic E-state index is 12.6. The van der Waals surface area contributed by atoms with Gasteiger partial charge in [-0.15, -0.1) is 0 Å². The Morgan fingerprint density at radius 1 is 1.00 bits per heavy atom. The summed E-state index contributed by atoms with van der Waals surface area (Å²) in [6, 6.07) is 17.6. The fourth-order valence-electron chi connectivity index (χ4n) is 2.96. The Hall–Kier alpha value is -2.49. The van der Waals surface area contributed by atoms with Gasteiger partial charge in [0, 0.05) is 0 Å². The summed E-state index contributed by atoms with van der Waals surface area (Å²) in [5, 5.41) is 3.15. The van der Waals surface area contributed by atoms with E-state index in [-0.39, 0.29) is 18.6 Å². The lowest BCUT2D eigenvalue weighted by atomic mass is 10.0. The van der Waals surface area contributed by atoms with Crippen LogP contribution in [-0.2, 0) is 4.79 Å². The Kier molecular flexibility index (Phi) is 3.66. The minimum absolute atomic E-state index is 0.0597. The average Bonchev–Trinajstić information content (AvgIpc) is 3.44. The van der Waals surface area contributed by atoms with Crippen molar-refractivity contribution in [2.24, 2.45) is 5.92 Å². The van der Waals surface area contributed by atoms with E-state index in [1.807, 2.05) is 42.5 Å². The van der Waals surface area contributed by atoms with E-state index in [1.54, 1.807) is 0 Å². The average molecular weight is 309 g/mol. The minimum Gasteiger partial charge on any atom is -0.485 e. The van der Waals surface area contributed by atoms with E-state index in [1.165, 1.54) is 0 Å². The van der Waals surface area contributed by atoms with Gasteiger partial charge in [0.15, 0.2) is 11.5 Å². The zero-order valence-electron chi connectivity index (χ0n) is 12.8. The van der Waals surface area contributed by atoms with Crippen molar-refractivity contribution >= 4 is 5.91 Å². The second-order valence-electron chi connectivity index (χ2n) is 6.10. The first-order valence-electron chi connectivity index (χ1n) is 8.05. The van der Waals surface area contributed by atoms with Crippen LogP contribution in [0.5, 0.6) is 11.5 Å². The normalized spacial score (nSPS) is 20.6. The maximum atomic E-state index is 12.6. The van der Waals surface area contributed by atoms with Crippen molar-refractivity contribution in [1.82, 2.24) is 5.32 Å². The molecule has 1 N–H and O–H groups in total. The summed E-state index contributed by atoms with van der Waals surface area (Å²) in [5.41, 5.74) is 1.15. The SMILES string of the molecule is O=C(NC(c1ccccc1)C1CC1)C1COc2ccccc2O1. The van der Waals surface area contributed by atoms with Gasteiger partial charge in [0.1, 0.15) is 6.61 Å². The molecule has 0 aromatic heterocycles. The molecular formula is C19H19NO3. The first-order chi connectivity index (χ1) is 11.3. The quantitative estimate of drug-likeness (QED) is 0.944. The van der Waals surface area contributed by atoms with Gasteiger partial charge in [-0.25, -0.2) is 0 Å². The van der Waals surface area contributed by atoms with Gasteiger partial charge >= 0.3 is 0 Å². The predicted octanol–water partition coefficient (Wildman–Crippen LogP) is 3.09. The van der Waals surface area contributed by atoms with Crippen LogP contribution in [-0.4, -0.2) is 18.6 Å². The zero-order valence-corrected chi connectivity index (χ0v) is 12.8. The zero-order chi connectivity index (χ0) is 15.6. The van der Waals surface area contributed by atoms with Gasteiger partial charge in [-0.2, -0.15) is 0 Å². The van der Waals surface area contributed by atoms with Crippen molar-refractivity contribution in [2.45, 2.75) is 25.0 Å². The molecule has 0 radical (unpaired) electrons. The third-order valence-corrected chi connectivity index (χ3v) is 4.35. The molecule has 2 atom stereocenters. The second kappa shape index (κ2) is 5.95. The van der Waals surface area contributed by atoms with Crippen LogP contribution in [0.2, 0.25) is 0 Å². The molecule has 1 aliphatic heterocycles. The monoisotopic (exact) mass is 309 g/mol. The number of carbonyl (C=O) groups is 1. The Bertz CT molecular complexity index is 697. The van der Waals surface area contributed by atoms with Gasteiger partial charge in [-0.3, -0.25) is 4.79 Å². The van der Waals surface area contributed by atoms with E-state index in [9.17, 15) is 4.79 Å². The molecule has 1 aliphatic carbocycles. The number of hydrogen-bond acceptors (Lipinski definition) is 3. The molecule has 118 valence electrons. The molecule has 4 nitrogen and oxygen atoms in total. The Labute approximate surface area is 135 Å². The highest BCUT2D eigenvalue weighted by molar-refractivity contribution is 5.82. The molecule has 4 rings (SSSR count). The second-order valence-corrected chi connectivity index (χ2v) is 6.10. The number of fused-ring (bicyclic) bond motifs is 1. The van der Waals surface area contributed by atoms with E-state index >= 15 is 0 Å². The van der Waals surface area contributed by atoms with Gasteiger partial charge in [0.05, 0.1) is 6.04 Å². The van der Waals surface area contributed by atoms with E-state index in [0.717, 1.165) is 18.4 Å². The third kappa shape index (κ3) is 3.02. The molecule has 0 saturated heterocycles. The molecule has 23 heavy (non-hydrogen) atoms. The van der Waals surface area contributed by atoms with Crippen LogP contribution >= 0.6 is 0 Å². The predicted molar refractivity (Wildman–Crippen MR) is 86.4 cm³/mol. The highest BCUT2D eigenvalue weighted by Crippen LogP contribution is 2.41. The van der Waals surface area contributed by atoms with E-state index < -0.39 is 6.10 Å². The number of amides is 1. The summed E-state index contributed by atoms with van der Waals surface area (Å²) < 4.78 is 11.4. The van der Waals surface area contributed by atoms with Gasteiger partial charge in [0.25, 0.3) is 5.91 Å². The van der Waals surface area contributed by atoms with Crippen LogP contribution in [0.3, 0.4) is 0 Å². The molecule has 4 heteroatoms. The van der Waals surface area contributed by atoms with E-state index in [0.29, 0.717) is 17.4 Å². The number of carbonyl (C=O) groups excluding carboxylic acids is 1. The summed E-state index contributed by atoms with van der Waals surface area (Å²) in [4.78, 5) is 12.6. The number of ether oxygens (including phenoxy) is 2. The standard InChI is InChI=1S/C19H19NO3/c21-19(17-12-22-15-8-4-5-9-16(15)23-17)20-18(14-10-11-14)13-6-2-1-3-7-13/h1-9,14,17-18H,10-12H2,(H,20,21). The lowest BCUT2D eigenvalue weighted by Gasteiger charge is -2.27. The summed E-state index contributed by atoms with van der Waals surface area (Å²) >= 11 is 0. The van der Waals surface area contributed by atoms with E-state index in [4.69, 9.17) is 9.47 Å². The molecule has 2 aliphatic rings. The molecule has 1 amide bonds. The van der Waals surface area contributed by atoms with Crippen LogP contribution in [0.15, 0.2) is 54.6 Å². The van der Waals surface area contributed by atoms with Gasteiger partial charge in [-0.05, 0) is 36.5 Å². The van der Waals surface area contributed by atoms with Crippen molar-refractivity contribution in [1.29, 1.82) is 0 Å². The van der Waals surface area contributed by atoms with Crippen molar-refractivity contribution in [3.63, 3.8) is 0 Å². The molecule has 2 aromatic carbocycles. The molecule has 1 saturated carbocycles. The fraction of sp³-hybridized carbons (Fsp3) is 0.316. The summed E-state index contributed by atoms with van der Waals surface area (Å²) in [6.45, 7) is 0.245. The van der Waals surface area contributed by atoms with Gasteiger partial charge in [0.2, 0.25) is 6.10 Å². The van der Waals surface area contributed by atoms with E-state index in [2.05, 4.69) is 17.4 Å². The molecule has 0 bridgehead atoms. The third-order valence-electron chi connectivity index (χ3n) is 4.35. The largest absolute Gasteiger partial charge is 0.485 e. The van der Waals surface area contributed by atoms with Gasteiger partial charge < -0.3 is 14.8 Å². The molecule has 2 aromatic rings. The number of rotatable bonds is 4. The molecule has 2 unspecified atom stereocenters. The summed E-state index contributed by atoms with van der Waals surface area (Å²) in [5.74, 6) is 1.73. The van der Waals surface area contributed by atoms with Crippen LogP contribution in [0.25, 0.3) is 0 Å². The smallest absolute Gasteiger partial charge is 0.265 e. The first-order valence-corrected chi connectivity index (χ1v) is 8.05. The van der Waals surface area contributed by atoms with Crippen LogP contribution in [0.1, 0.15) is 24.4 Å². The van der Waals surface area contributed by atoms with Crippen LogP contribution < -0.4 is 14.8 Å². The Morgan fingerprint density at radius 3 is 2.43 bits per heavy atom. The van der Waals surface area contributed by atoms with Crippen molar-refractivity contribution in [3.8, 4) is 11.5 Å². The lowest BCUT2D eigenvalue weighted by Crippen LogP contribution is -2.45. The van der Waals surface area contributed by atoms with Crippen molar-refractivity contribution in [3.05, 3.63) is 60.2 Å². The molecular weight excluding hydrogens is 290 g/mol. The van der Waals surface area contributed by atoms with Crippen molar-refractivity contribution in [2.75, 3.05) is 6.61 Å². The highest BCUT2D eigenvalue weighted by atomic mass is 16.6. The molecule has 0 spiro atoms. The number of hydrogen-bond donors (Lipinski definition) is 1. The van der Waals surface area contributed by atoms with Crippen molar-refractivity contribution < 1.29 is 14.3 Å². The number of benzene rings is 2. The highest BCUT2D eigenvalue weighted by Gasteiger charge is 2.36. The first kappa shape index (κ1) is 14.1. The van der Waals surface area contributed by atoms with Crippen LogP contribution in [0.4, 0.5) is 0 Å². The van der Waals surface area contributed by atoms with Crippen LogP contribution in [0, 0.1) is 5.92 Å². The topological polar surface area (TPSA) is 47.6 Å². The molecule has 1 fully saturated rings. The minimum atomic E-state index is -0.602. The summed E-state index contributed by atoms with van der Waals surface area (Å²) in [6.07, 6.45) is 1.71. The van der Waals surface area contributed by atoms with Gasteiger partial charge in [-0.1, -0.05) is 42.5 Å². The number of para-hydroxylation sites is 2. The maximum Gasteiger partial charge on any atom is 0.265 e. The Morgan fingerprint density at radius 2 is 1.70 bits per heavy atom. The lowest BCUT2D eigenvalue weighted by molar-refractivity contribution is -0.131.